The Kier molecular flexibility index (Phi) is 19.7. The molecule has 2 aliphatic rings. The van der Waals surface area contributed by atoms with E-state index in [0.29, 0.717) is 25.2 Å². The highest BCUT2D eigenvalue weighted by Gasteiger charge is 2.53. The Morgan fingerprint density at radius 1 is 0.603 bits per heavy atom. The Morgan fingerprint density at radius 2 is 1.16 bits per heavy atom. The molecule has 2 heterocycles. The summed E-state index contributed by atoms with van der Waals surface area (Å²) in [6.07, 6.45) is -11.5. The number of hydrogen-bond donors (Lipinski definition) is 5. The number of aliphatic hydroxyl groups excluding tert-OH is 4. The number of benzene rings is 3. The first-order valence-corrected chi connectivity index (χ1v) is 20.3. The normalized spacial score (nSPS) is 25.4. The van der Waals surface area contributed by atoms with E-state index in [1.165, 1.54) is 13.8 Å². The lowest BCUT2D eigenvalue weighted by atomic mass is 9.98. The van der Waals surface area contributed by atoms with Crippen LogP contribution in [0.5, 0.6) is 11.5 Å². The molecule has 5 rings (SSSR count). The van der Waals surface area contributed by atoms with Gasteiger partial charge in [0.05, 0.1) is 19.8 Å². The van der Waals surface area contributed by atoms with Gasteiger partial charge in [-0.15, -0.1) is 0 Å². The van der Waals surface area contributed by atoms with Crippen molar-refractivity contribution >= 4 is 23.9 Å². The number of rotatable bonds is 17. The van der Waals surface area contributed by atoms with Crippen molar-refractivity contribution in [3.63, 3.8) is 0 Å². The zero-order valence-electron chi connectivity index (χ0n) is 36.1. The molecule has 3 aromatic rings. The monoisotopic (exact) mass is 886 g/mol. The fourth-order valence-electron chi connectivity index (χ4n) is 6.89. The number of carbonyl (C=O) groups excluding carboxylic acids is 4. The van der Waals surface area contributed by atoms with Gasteiger partial charge in [-0.05, 0) is 78.8 Å². The first-order valence-electron chi connectivity index (χ1n) is 20.3. The Labute approximate surface area is 365 Å². The van der Waals surface area contributed by atoms with Gasteiger partial charge in [0.2, 0.25) is 0 Å². The summed E-state index contributed by atoms with van der Waals surface area (Å²) < 4.78 is 49.9. The SMILES string of the molecule is CC(=O)OC[C@H]1O[C@@H](OCCc2cc(C)cc(OCc3ccccc3)c2)[C@H](OC(C)=O)[C@@H](OC(C)=O)[C@@H]1OC(C)=O.Cc1cc(O)cc(CCO[C@@H]2O[C@H](CO)[C@@H](O)[C@H](O)[C@H]2O)c1. The van der Waals surface area contributed by atoms with Crippen LogP contribution in [0.4, 0.5) is 0 Å². The number of aromatic hydroxyl groups is 1. The largest absolute Gasteiger partial charge is 0.508 e. The molecular formula is C45H58O18. The van der Waals surface area contributed by atoms with Gasteiger partial charge in [-0.3, -0.25) is 19.2 Å². The van der Waals surface area contributed by atoms with Crippen LogP contribution in [-0.4, -0.2) is 137 Å². The predicted molar refractivity (Wildman–Crippen MR) is 220 cm³/mol. The van der Waals surface area contributed by atoms with Crippen molar-refractivity contribution in [3.05, 3.63) is 94.5 Å². The van der Waals surface area contributed by atoms with E-state index in [0.717, 1.165) is 41.7 Å². The van der Waals surface area contributed by atoms with Crippen LogP contribution in [0.25, 0.3) is 0 Å². The van der Waals surface area contributed by atoms with Gasteiger partial charge in [0.25, 0.3) is 0 Å². The third kappa shape index (κ3) is 16.2. The van der Waals surface area contributed by atoms with E-state index < -0.39 is 91.9 Å². The van der Waals surface area contributed by atoms with E-state index in [1.54, 1.807) is 12.1 Å². The molecule has 10 atom stereocenters. The number of hydrogen-bond acceptors (Lipinski definition) is 18. The number of aryl methyl sites for hydroxylation is 2. The van der Waals surface area contributed by atoms with Crippen molar-refractivity contribution in [1.82, 2.24) is 0 Å². The highest BCUT2D eigenvalue weighted by atomic mass is 16.7. The molecule has 0 radical (unpaired) electrons. The zero-order valence-corrected chi connectivity index (χ0v) is 36.1. The van der Waals surface area contributed by atoms with Crippen molar-refractivity contribution < 1.29 is 87.3 Å². The van der Waals surface area contributed by atoms with Crippen LogP contribution >= 0.6 is 0 Å². The molecule has 18 nitrogen and oxygen atoms in total. The summed E-state index contributed by atoms with van der Waals surface area (Å²) in [5, 5.41) is 47.7. The Balaban J connectivity index is 0.000000332. The summed E-state index contributed by atoms with van der Waals surface area (Å²) in [6.45, 7) is 8.45. The maximum atomic E-state index is 12.0. The first kappa shape index (κ1) is 50.5. The Hall–Kier alpha value is -5.18. The lowest BCUT2D eigenvalue weighted by Crippen LogP contribution is -2.63. The van der Waals surface area contributed by atoms with Crippen LogP contribution < -0.4 is 4.74 Å². The molecule has 2 aliphatic heterocycles. The van der Waals surface area contributed by atoms with E-state index in [4.69, 9.17) is 47.7 Å². The molecule has 3 aromatic carbocycles. The van der Waals surface area contributed by atoms with Crippen LogP contribution in [0, 0.1) is 13.8 Å². The molecule has 2 saturated heterocycles. The van der Waals surface area contributed by atoms with Gasteiger partial charge in [0.1, 0.15) is 55.2 Å². The smallest absolute Gasteiger partial charge is 0.303 e. The summed E-state index contributed by atoms with van der Waals surface area (Å²) >= 11 is 0. The summed E-state index contributed by atoms with van der Waals surface area (Å²) in [5.74, 6) is -1.82. The van der Waals surface area contributed by atoms with E-state index in [1.807, 2.05) is 68.4 Å². The van der Waals surface area contributed by atoms with E-state index in [9.17, 15) is 39.6 Å². The second-order valence-corrected chi connectivity index (χ2v) is 15.1. The first-order chi connectivity index (χ1) is 29.9. The summed E-state index contributed by atoms with van der Waals surface area (Å²) in [5.41, 5.74) is 4.75. The Bertz CT molecular complexity index is 1920. The lowest BCUT2D eigenvalue weighted by molar-refractivity contribution is -0.307. The third-order valence-corrected chi connectivity index (χ3v) is 9.62. The van der Waals surface area contributed by atoms with Gasteiger partial charge in [-0.25, -0.2) is 0 Å². The maximum absolute atomic E-state index is 12.0. The summed E-state index contributed by atoms with van der Waals surface area (Å²) in [6, 6.07) is 20.8. The maximum Gasteiger partial charge on any atom is 0.303 e. The third-order valence-electron chi connectivity index (χ3n) is 9.62. The van der Waals surface area contributed by atoms with Crippen molar-refractivity contribution in [2.24, 2.45) is 0 Å². The van der Waals surface area contributed by atoms with Crippen LogP contribution in [0.2, 0.25) is 0 Å². The topological polar surface area (TPSA) is 252 Å². The lowest BCUT2D eigenvalue weighted by Gasteiger charge is -2.44. The Morgan fingerprint density at radius 3 is 1.75 bits per heavy atom. The van der Waals surface area contributed by atoms with Gasteiger partial charge in [0.15, 0.2) is 30.9 Å². The minimum atomic E-state index is -1.45. The molecule has 5 N–H and O–H groups in total. The molecule has 0 spiro atoms. The van der Waals surface area contributed by atoms with Crippen LogP contribution in [0.1, 0.15) is 55.5 Å². The fourth-order valence-corrected chi connectivity index (χ4v) is 6.89. The summed E-state index contributed by atoms with van der Waals surface area (Å²) in [4.78, 5) is 47.3. The van der Waals surface area contributed by atoms with E-state index >= 15 is 0 Å². The second kappa shape index (κ2) is 24.6. The van der Waals surface area contributed by atoms with Crippen LogP contribution in [0.15, 0.2) is 66.7 Å². The minimum absolute atomic E-state index is 0.120. The van der Waals surface area contributed by atoms with Gasteiger partial charge in [-0.1, -0.05) is 42.5 Å². The van der Waals surface area contributed by atoms with Gasteiger partial charge in [-0.2, -0.15) is 0 Å². The number of phenolic OH excluding ortho intramolecular Hbond substituents is 1. The van der Waals surface area contributed by atoms with Crippen molar-refractivity contribution in [2.45, 2.75) is 122 Å². The zero-order chi connectivity index (χ0) is 46.2. The molecule has 0 saturated carbocycles. The molecular weight excluding hydrogens is 828 g/mol. The average Bonchev–Trinajstić information content (AvgIpc) is 3.21. The van der Waals surface area contributed by atoms with Crippen LogP contribution in [-0.2, 0) is 76.5 Å². The number of carbonyl (C=O) groups is 4. The number of aliphatic hydroxyl groups is 4. The molecule has 63 heavy (non-hydrogen) atoms. The van der Waals surface area contributed by atoms with Crippen LogP contribution in [0.3, 0.4) is 0 Å². The van der Waals surface area contributed by atoms with Gasteiger partial charge < -0.3 is 68.2 Å². The predicted octanol–water partition coefficient (Wildman–Crippen LogP) is 2.28. The molecule has 0 bridgehead atoms. The van der Waals surface area contributed by atoms with Gasteiger partial charge in [0, 0.05) is 27.7 Å². The fraction of sp³-hybridized carbons (Fsp3) is 0.511. The summed E-state index contributed by atoms with van der Waals surface area (Å²) in [7, 11) is 0. The van der Waals surface area contributed by atoms with E-state index in [-0.39, 0.29) is 25.6 Å². The van der Waals surface area contributed by atoms with Crippen molar-refractivity contribution in [2.75, 3.05) is 26.4 Å². The molecule has 346 valence electrons. The average molecular weight is 887 g/mol. The number of phenols is 1. The van der Waals surface area contributed by atoms with Crippen molar-refractivity contribution in [1.29, 1.82) is 0 Å². The van der Waals surface area contributed by atoms with Gasteiger partial charge >= 0.3 is 23.9 Å². The highest BCUT2D eigenvalue weighted by molar-refractivity contribution is 5.68. The standard InChI is InChI=1S/C30H36O11.C15H22O7/c1-18-13-24(15-25(14-18)37-16-23-9-7-6-8-10-23)11-12-35-30-29(40-22(5)34)28(39-21(4)33)27(38-20(3)32)26(41-30)17-36-19(2)31;1-8-4-9(6-10(17)5-8)2-3-21-15-14(20)13(19)12(18)11(7-16)22-15/h6-10,13-15,26-30H,11-12,16-17H2,1-5H3;4-6,11-20H,2-3,7H2,1H3/t26-,27-,28+,29-,30-;11-,12-,13+,14-,15-/m11/s1. The molecule has 18 heteroatoms. The quantitative estimate of drug-likeness (QED) is 0.0963. The number of esters is 4. The van der Waals surface area contributed by atoms with E-state index in [2.05, 4.69) is 0 Å². The molecule has 0 unspecified atom stereocenters. The molecule has 0 amide bonds. The van der Waals surface area contributed by atoms with Crippen molar-refractivity contribution in [3.8, 4) is 11.5 Å². The number of ether oxygens (including phenoxy) is 9. The minimum Gasteiger partial charge on any atom is -0.508 e. The second-order valence-electron chi connectivity index (χ2n) is 15.1. The molecule has 2 fully saturated rings. The molecule has 0 aliphatic carbocycles. The molecule has 0 aromatic heterocycles. The highest BCUT2D eigenvalue weighted by Crippen LogP contribution is 2.31.